The van der Waals surface area contributed by atoms with Crippen LogP contribution in [0.4, 0.5) is 4.79 Å². The molecule has 0 bridgehead atoms. The molecule has 36 heavy (non-hydrogen) atoms. The molecule has 1 saturated heterocycles. The molecule has 0 aliphatic carbocycles. The largest absolute Gasteiger partial charge is 0.464 e. The molecule has 1 fully saturated rings. The van der Waals surface area contributed by atoms with Crippen LogP contribution in [0, 0.1) is 0 Å². The van der Waals surface area contributed by atoms with E-state index in [1.54, 1.807) is 6.92 Å². The van der Waals surface area contributed by atoms with E-state index in [1.165, 1.54) is 16.0 Å². The molecule has 2 atom stereocenters. The van der Waals surface area contributed by atoms with E-state index in [-0.39, 0.29) is 18.6 Å². The van der Waals surface area contributed by atoms with E-state index in [4.69, 9.17) is 9.47 Å². The van der Waals surface area contributed by atoms with E-state index in [1.807, 2.05) is 71.0 Å². The van der Waals surface area contributed by atoms with Crippen LogP contribution in [0.1, 0.15) is 71.4 Å². The molecule has 1 aliphatic rings. The van der Waals surface area contributed by atoms with Gasteiger partial charge in [-0.3, -0.25) is 4.90 Å². The lowest BCUT2D eigenvalue weighted by Crippen LogP contribution is -2.44. The summed E-state index contributed by atoms with van der Waals surface area (Å²) in [7, 11) is 0. The van der Waals surface area contributed by atoms with Crippen molar-refractivity contribution in [3.63, 3.8) is 0 Å². The molecule has 2 unspecified atom stereocenters. The van der Waals surface area contributed by atoms with Crippen LogP contribution in [0.3, 0.4) is 0 Å². The summed E-state index contributed by atoms with van der Waals surface area (Å²) in [5, 5.41) is 3.47. The van der Waals surface area contributed by atoms with Crippen LogP contribution in [0.15, 0.2) is 72.9 Å². The first kappa shape index (κ1) is 29.0. The highest BCUT2D eigenvalue weighted by Gasteiger charge is 2.42. The van der Waals surface area contributed by atoms with Crippen molar-refractivity contribution in [2.75, 3.05) is 13.2 Å². The summed E-state index contributed by atoms with van der Waals surface area (Å²) in [6.07, 6.45) is 0.631. The molecule has 6 nitrogen and oxygen atoms in total. The predicted molar refractivity (Wildman–Crippen MR) is 145 cm³/mol. The molecule has 1 aliphatic heterocycles. The Labute approximate surface area is 216 Å². The van der Waals surface area contributed by atoms with E-state index >= 15 is 0 Å². The highest BCUT2D eigenvalue weighted by atomic mass is 16.6. The highest BCUT2D eigenvalue weighted by molar-refractivity contribution is 5.82. The first-order valence-corrected chi connectivity index (χ1v) is 12.9. The molecule has 1 heterocycles. The van der Waals surface area contributed by atoms with E-state index in [0.29, 0.717) is 19.4 Å². The monoisotopic (exact) mass is 494 g/mol. The Balaban J connectivity index is 0.00000222. The molecule has 1 amide bonds. The van der Waals surface area contributed by atoms with Crippen LogP contribution in [0.25, 0.3) is 0 Å². The van der Waals surface area contributed by atoms with Gasteiger partial charge in [-0.15, -0.1) is 0 Å². The van der Waals surface area contributed by atoms with E-state index in [2.05, 4.69) is 36.2 Å². The number of carbonyl (C=O) groups is 2. The fraction of sp³-hybridized carbons (Fsp3) is 0.467. The summed E-state index contributed by atoms with van der Waals surface area (Å²) in [4.78, 5) is 26.9. The maximum atomic E-state index is 12.8. The minimum absolute atomic E-state index is 0.123. The second kappa shape index (κ2) is 13.7. The first-order valence-electron chi connectivity index (χ1n) is 12.9. The summed E-state index contributed by atoms with van der Waals surface area (Å²) in [6, 6.07) is 19.9. The Morgan fingerprint density at radius 3 is 2.03 bits per heavy atom. The summed E-state index contributed by atoms with van der Waals surface area (Å²) in [6.45, 7) is 16.1. The Morgan fingerprint density at radius 1 is 1.03 bits per heavy atom. The molecular formula is C30H42N2O4. The van der Waals surface area contributed by atoms with Gasteiger partial charge in [0, 0.05) is 30.6 Å². The van der Waals surface area contributed by atoms with Crippen molar-refractivity contribution < 1.29 is 19.1 Å². The zero-order valence-corrected chi connectivity index (χ0v) is 22.6. The smallest absolute Gasteiger partial charge is 0.411 e. The Bertz CT molecular complexity index is 930. The number of rotatable bonds is 8. The van der Waals surface area contributed by atoms with Crippen molar-refractivity contribution >= 4 is 12.1 Å². The average Bonchev–Trinajstić information content (AvgIpc) is 3.28. The number of carbonyl (C=O) groups excluding carboxylic acids is 2. The third-order valence-electron chi connectivity index (χ3n) is 5.75. The molecule has 0 radical (unpaired) electrons. The maximum absolute atomic E-state index is 12.8. The van der Waals surface area contributed by atoms with E-state index in [9.17, 15) is 9.59 Å². The molecule has 2 aromatic rings. The maximum Gasteiger partial charge on any atom is 0.411 e. The average molecular weight is 495 g/mol. The van der Waals surface area contributed by atoms with Gasteiger partial charge in [-0.1, -0.05) is 81.1 Å². The fourth-order valence-electron chi connectivity index (χ4n) is 4.32. The first-order chi connectivity index (χ1) is 17.2. The van der Waals surface area contributed by atoms with Gasteiger partial charge in [0.2, 0.25) is 0 Å². The van der Waals surface area contributed by atoms with Gasteiger partial charge in [0.15, 0.2) is 0 Å². The molecule has 196 valence electrons. The Kier molecular flexibility index (Phi) is 11.0. The highest BCUT2D eigenvalue weighted by Crippen LogP contribution is 2.31. The van der Waals surface area contributed by atoms with Gasteiger partial charge in [0.25, 0.3) is 0 Å². The molecule has 0 saturated carbocycles. The number of likely N-dealkylation sites (tertiary alicyclic amines) is 1. The van der Waals surface area contributed by atoms with Gasteiger partial charge in [-0.2, -0.15) is 0 Å². The van der Waals surface area contributed by atoms with Crippen LogP contribution in [0.5, 0.6) is 0 Å². The van der Waals surface area contributed by atoms with Gasteiger partial charge >= 0.3 is 12.1 Å². The topological polar surface area (TPSA) is 67.9 Å². The van der Waals surface area contributed by atoms with Gasteiger partial charge in [0.1, 0.15) is 11.6 Å². The van der Waals surface area contributed by atoms with Crippen molar-refractivity contribution in [3.05, 3.63) is 84.1 Å². The number of hydrogen-bond donors (Lipinski definition) is 1. The molecular weight excluding hydrogens is 452 g/mol. The van der Waals surface area contributed by atoms with Gasteiger partial charge < -0.3 is 14.8 Å². The lowest BCUT2D eigenvalue weighted by molar-refractivity contribution is -0.148. The van der Waals surface area contributed by atoms with Crippen molar-refractivity contribution in [2.45, 2.75) is 78.0 Å². The van der Waals surface area contributed by atoms with Gasteiger partial charge in [-0.25, -0.2) is 9.59 Å². The lowest BCUT2D eigenvalue weighted by Gasteiger charge is -2.27. The second-order valence-corrected chi connectivity index (χ2v) is 9.66. The standard InChI is InChI=1S/C28H36N2O4.C2H6/c1-6-33-26(31)25-18-23(19-30(25)27(32)34-28(3,4)5)29-20(2)17-24(21-13-9-7-10-14-21)22-15-11-8-12-16-22;1-2/h7-16,23-25,29H,2,6,17-19H2,1,3-5H3;1-2H3. The number of benzene rings is 2. The molecule has 1 N–H and O–H groups in total. The molecule has 6 heteroatoms. The summed E-state index contributed by atoms with van der Waals surface area (Å²) < 4.78 is 10.8. The van der Waals surface area contributed by atoms with Crippen LogP contribution < -0.4 is 5.32 Å². The number of ether oxygens (including phenoxy) is 2. The number of amides is 1. The van der Waals surface area contributed by atoms with Gasteiger partial charge in [0.05, 0.1) is 6.61 Å². The third kappa shape index (κ3) is 8.43. The normalized spacial score (nSPS) is 17.1. The van der Waals surface area contributed by atoms with Crippen LogP contribution in [-0.2, 0) is 14.3 Å². The Hall–Kier alpha value is -3.28. The van der Waals surface area contributed by atoms with Crippen LogP contribution in [0.2, 0.25) is 0 Å². The zero-order valence-electron chi connectivity index (χ0n) is 22.6. The summed E-state index contributed by atoms with van der Waals surface area (Å²) in [5.41, 5.74) is 2.63. The van der Waals surface area contributed by atoms with Crippen LogP contribution in [-0.4, -0.2) is 47.8 Å². The number of nitrogens with zero attached hydrogens (tertiary/aromatic N) is 1. The number of nitrogens with one attached hydrogen (secondary N) is 1. The number of esters is 1. The third-order valence-corrected chi connectivity index (χ3v) is 5.75. The lowest BCUT2D eigenvalue weighted by atomic mass is 9.87. The molecule has 2 aromatic carbocycles. The SMILES string of the molecule is C=C(CC(c1ccccc1)c1ccccc1)NC1CC(C(=O)OCC)N(C(=O)OC(C)(C)C)C1.CC. The summed E-state index contributed by atoms with van der Waals surface area (Å²) >= 11 is 0. The van der Waals surface area contributed by atoms with E-state index < -0.39 is 23.7 Å². The van der Waals surface area contributed by atoms with Crippen molar-refractivity contribution in [1.82, 2.24) is 10.2 Å². The minimum atomic E-state index is -0.681. The predicted octanol–water partition coefficient (Wildman–Crippen LogP) is 6.28. The van der Waals surface area contributed by atoms with E-state index in [0.717, 1.165) is 5.70 Å². The zero-order chi connectivity index (χ0) is 26.7. The second-order valence-electron chi connectivity index (χ2n) is 9.66. The van der Waals surface area contributed by atoms with Crippen LogP contribution >= 0.6 is 0 Å². The Morgan fingerprint density at radius 2 is 1.56 bits per heavy atom. The summed E-state index contributed by atoms with van der Waals surface area (Å²) in [5.74, 6) is -0.263. The molecule has 0 spiro atoms. The minimum Gasteiger partial charge on any atom is -0.464 e. The van der Waals surface area contributed by atoms with Crippen molar-refractivity contribution in [3.8, 4) is 0 Å². The van der Waals surface area contributed by atoms with Crippen molar-refractivity contribution in [2.24, 2.45) is 0 Å². The molecule has 3 rings (SSSR count). The van der Waals surface area contributed by atoms with Crippen molar-refractivity contribution in [1.29, 1.82) is 0 Å². The number of hydrogen-bond acceptors (Lipinski definition) is 5. The molecule has 0 aromatic heterocycles. The fourth-order valence-corrected chi connectivity index (χ4v) is 4.32. The van der Waals surface area contributed by atoms with Gasteiger partial charge in [-0.05, 0) is 45.2 Å². The quantitative estimate of drug-likeness (QED) is 0.438. The number of allylic oxidation sites excluding steroid dienone is 1.